The molecule has 5 rings (SSSR count). The number of anilines is 1. The molecule has 4 aromatic carbocycles. The third-order valence-corrected chi connectivity index (χ3v) is 7.95. The second-order valence-corrected chi connectivity index (χ2v) is 10.4. The largest absolute Gasteiger partial charge is 0.465 e. The second-order valence-electron chi connectivity index (χ2n) is 8.59. The Kier molecular flexibility index (Phi) is 6.36. The van der Waals surface area contributed by atoms with Crippen molar-refractivity contribution in [2.24, 2.45) is 0 Å². The minimum atomic E-state index is -4.52. The van der Waals surface area contributed by atoms with Crippen molar-refractivity contribution in [2.75, 3.05) is 11.4 Å². The number of carbonyl (C=O) groups is 2. The summed E-state index contributed by atoms with van der Waals surface area (Å²) in [5.41, 5.74) is -0.0252. The summed E-state index contributed by atoms with van der Waals surface area (Å²) in [6.45, 7) is 1.57. The molecule has 0 radical (unpaired) electrons. The summed E-state index contributed by atoms with van der Waals surface area (Å²) < 4.78 is 39.2. The summed E-state index contributed by atoms with van der Waals surface area (Å²) in [5, 5.41) is 12.8. The van der Waals surface area contributed by atoms with Crippen LogP contribution >= 0.6 is 0 Å². The zero-order valence-electron chi connectivity index (χ0n) is 20.7. The van der Waals surface area contributed by atoms with Crippen molar-refractivity contribution in [3.63, 3.8) is 0 Å². The zero-order chi connectivity index (χ0) is 27.9. The minimum Gasteiger partial charge on any atom is -0.465 e. The molecule has 1 heterocycles. The van der Waals surface area contributed by atoms with Gasteiger partial charge in [-0.2, -0.15) is 4.31 Å². The molecule has 10 nitrogen and oxygen atoms in total. The van der Waals surface area contributed by atoms with Crippen molar-refractivity contribution in [3.05, 3.63) is 112 Å². The van der Waals surface area contributed by atoms with E-state index in [1.54, 1.807) is 25.1 Å². The third kappa shape index (κ3) is 4.48. The monoisotopic (exact) mass is 544 g/mol. The number of amides is 1. The average Bonchev–Trinajstić information content (AvgIpc) is 3.27. The van der Waals surface area contributed by atoms with Crippen molar-refractivity contribution in [1.29, 1.82) is 0 Å². The van der Waals surface area contributed by atoms with Crippen LogP contribution in [0.1, 0.15) is 26.5 Å². The van der Waals surface area contributed by atoms with E-state index in [2.05, 4.69) is 0 Å². The number of furan rings is 1. The number of sulfonamides is 1. The van der Waals surface area contributed by atoms with E-state index in [4.69, 9.17) is 9.15 Å². The Morgan fingerprint density at radius 3 is 2.28 bits per heavy atom. The first kappa shape index (κ1) is 25.6. The number of ether oxygens (including phenoxy) is 1. The van der Waals surface area contributed by atoms with E-state index in [1.165, 1.54) is 49.6 Å². The Hall–Kier alpha value is -5.03. The fourth-order valence-corrected chi connectivity index (χ4v) is 5.77. The topological polar surface area (TPSA) is 137 Å². The fourth-order valence-electron chi connectivity index (χ4n) is 4.33. The van der Waals surface area contributed by atoms with Gasteiger partial charge in [0.1, 0.15) is 16.9 Å². The molecule has 0 saturated carbocycles. The van der Waals surface area contributed by atoms with E-state index in [-0.39, 0.29) is 38.5 Å². The van der Waals surface area contributed by atoms with E-state index >= 15 is 0 Å². The van der Waals surface area contributed by atoms with Crippen LogP contribution in [0.3, 0.4) is 0 Å². The number of fused-ring (bicyclic) bond motifs is 2. The molecular formula is C28H20N2O8S. The highest BCUT2D eigenvalue weighted by Crippen LogP contribution is 2.34. The van der Waals surface area contributed by atoms with Gasteiger partial charge >= 0.3 is 5.97 Å². The number of hydrogen-bond acceptors (Lipinski definition) is 8. The maximum Gasteiger partial charge on any atom is 0.342 e. The lowest BCUT2D eigenvalue weighted by Crippen LogP contribution is -2.37. The lowest BCUT2D eigenvalue weighted by Gasteiger charge is -2.23. The average molecular weight is 545 g/mol. The van der Waals surface area contributed by atoms with E-state index < -0.39 is 26.8 Å². The predicted molar refractivity (Wildman–Crippen MR) is 143 cm³/mol. The van der Waals surface area contributed by atoms with Crippen LogP contribution < -0.4 is 4.31 Å². The van der Waals surface area contributed by atoms with Crippen molar-refractivity contribution in [1.82, 2.24) is 0 Å². The Balaban J connectivity index is 1.72. The number of carbonyl (C=O) groups excluding carboxylic acids is 2. The van der Waals surface area contributed by atoms with E-state index in [0.717, 1.165) is 17.5 Å². The normalized spacial score (nSPS) is 11.4. The van der Waals surface area contributed by atoms with E-state index in [1.807, 2.05) is 12.1 Å². The summed E-state index contributed by atoms with van der Waals surface area (Å²) in [5.74, 6) is -1.37. The Morgan fingerprint density at radius 1 is 0.923 bits per heavy atom. The molecule has 5 aromatic rings. The highest BCUT2D eigenvalue weighted by atomic mass is 32.2. The summed E-state index contributed by atoms with van der Waals surface area (Å²) in [6, 6.07) is 20.5. The molecular weight excluding hydrogens is 524 g/mol. The standard InChI is InChI=1S/C28H20N2O8S/c1-17-26(28(32)37-2)24-16-22(12-14-25(24)38-17)29(27(31)19-7-10-21(11-8-19)30(33)34)39(35,36)23-13-9-18-5-3-4-6-20(18)15-23/h3-16H,1-2H3. The van der Waals surface area contributed by atoms with Crippen molar-refractivity contribution in [3.8, 4) is 0 Å². The van der Waals surface area contributed by atoms with E-state index in [9.17, 15) is 28.1 Å². The van der Waals surface area contributed by atoms with Crippen molar-refractivity contribution < 1.29 is 32.1 Å². The maximum absolute atomic E-state index is 14.1. The van der Waals surface area contributed by atoms with Gasteiger partial charge < -0.3 is 9.15 Å². The number of esters is 1. The van der Waals surface area contributed by atoms with Gasteiger partial charge in [0.15, 0.2) is 0 Å². The molecule has 0 aliphatic carbocycles. The molecule has 0 bridgehead atoms. The molecule has 0 aliphatic heterocycles. The van der Waals surface area contributed by atoms with Crippen LogP contribution in [0, 0.1) is 17.0 Å². The molecule has 0 spiro atoms. The summed E-state index contributed by atoms with van der Waals surface area (Å²) in [6.07, 6.45) is 0. The van der Waals surface area contributed by atoms with Crippen LogP contribution in [0.4, 0.5) is 11.4 Å². The van der Waals surface area contributed by atoms with Gasteiger partial charge in [-0.3, -0.25) is 14.9 Å². The molecule has 0 aliphatic rings. The molecule has 0 N–H and O–H groups in total. The van der Waals surface area contributed by atoms with Gasteiger partial charge in [-0.05, 0) is 60.2 Å². The smallest absolute Gasteiger partial charge is 0.342 e. The first-order valence-corrected chi connectivity index (χ1v) is 13.0. The number of non-ortho nitro benzene ring substituents is 1. The molecule has 0 atom stereocenters. The number of nitro benzene ring substituents is 1. The lowest BCUT2D eigenvalue weighted by molar-refractivity contribution is -0.384. The first-order valence-electron chi connectivity index (χ1n) is 11.6. The van der Waals surface area contributed by atoms with Gasteiger partial charge in [0.25, 0.3) is 21.6 Å². The summed E-state index contributed by atoms with van der Waals surface area (Å²) >= 11 is 0. The first-order chi connectivity index (χ1) is 18.6. The SMILES string of the molecule is COC(=O)c1c(C)oc2ccc(N(C(=O)c3ccc([N+](=O)[O-])cc3)S(=O)(=O)c3ccc4ccccc4c3)cc12. The third-order valence-electron chi connectivity index (χ3n) is 6.24. The number of hydrogen-bond donors (Lipinski definition) is 0. The lowest BCUT2D eigenvalue weighted by atomic mass is 10.1. The molecule has 1 amide bonds. The van der Waals surface area contributed by atoms with Gasteiger partial charge in [-0.1, -0.05) is 30.3 Å². The summed E-state index contributed by atoms with van der Waals surface area (Å²) in [7, 11) is -3.31. The number of rotatable bonds is 6. The van der Waals surface area contributed by atoms with Crippen LogP contribution in [0.2, 0.25) is 0 Å². The molecule has 0 saturated heterocycles. The van der Waals surface area contributed by atoms with Crippen LogP contribution in [-0.2, 0) is 14.8 Å². The van der Waals surface area contributed by atoms with Gasteiger partial charge in [0.2, 0.25) is 0 Å². The van der Waals surface area contributed by atoms with Crippen LogP contribution in [-0.4, -0.2) is 32.3 Å². The zero-order valence-corrected chi connectivity index (χ0v) is 21.5. The van der Waals surface area contributed by atoms with E-state index in [0.29, 0.717) is 15.3 Å². The molecule has 0 unspecified atom stereocenters. The van der Waals surface area contributed by atoms with Gasteiger partial charge in [0, 0.05) is 23.1 Å². The minimum absolute atomic E-state index is 0.0648. The highest BCUT2D eigenvalue weighted by molar-refractivity contribution is 7.93. The predicted octanol–water partition coefficient (Wildman–Crippen LogP) is 5.62. The molecule has 1 aromatic heterocycles. The maximum atomic E-state index is 14.1. The number of methoxy groups -OCH3 is 1. The summed E-state index contributed by atoms with van der Waals surface area (Å²) in [4.78, 5) is 36.6. The fraction of sp³-hybridized carbons (Fsp3) is 0.0714. The van der Waals surface area contributed by atoms with Crippen LogP contribution in [0.25, 0.3) is 21.7 Å². The second kappa shape index (κ2) is 9.69. The molecule has 196 valence electrons. The van der Waals surface area contributed by atoms with Gasteiger partial charge in [-0.25, -0.2) is 13.2 Å². The van der Waals surface area contributed by atoms with Crippen molar-refractivity contribution in [2.45, 2.75) is 11.8 Å². The Morgan fingerprint density at radius 2 is 1.62 bits per heavy atom. The van der Waals surface area contributed by atoms with Gasteiger partial charge in [-0.15, -0.1) is 0 Å². The number of nitrogens with zero attached hydrogens (tertiary/aromatic N) is 2. The quantitative estimate of drug-likeness (QED) is 0.152. The highest BCUT2D eigenvalue weighted by Gasteiger charge is 2.33. The van der Waals surface area contributed by atoms with Crippen molar-refractivity contribution >= 4 is 55.0 Å². The number of nitro groups is 1. The molecule has 0 fully saturated rings. The van der Waals surface area contributed by atoms with Gasteiger partial charge in [0.05, 0.1) is 22.6 Å². The molecule has 39 heavy (non-hydrogen) atoms. The number of benzene rings is 4. The van der Waals surface area contributed by atoms with Crippen LogP contribution in [0.5, 0.6) is 0 Å². The molecule has 11 heteroatoms. The Labute approximate surface area is 222 Å². The van der Waals surface area contributed by atoms with Crippen LogP contribution in [0.15, 0.2) is 94.2 Å². The Bertz CT molecular complexity index is 1890. The number of aryl methyl sites for hydroxylation is 1.